The van der Waals surface area contributed by atoms with E-state index in [-0.39, 0.29) is 22.9 Å². The summed E-state index contributed by atoms with van der Waals surface area (Å²) in [5, 5.41) is 2.90. The molecule has 1 aliphatic rings. The number of urea groups is 1. The van der Waals surface area contributed by atoms with E-state index in [2.05, 4.69) is 20.3 Å². The molecule has 0 unspecified atom stereocenters. The molecule has 0 bridgehead atoms. The summed E-state index contributed by atoms with van der Waals surface area (Å²) in [6.45, 7) is 1.17. The summed E-state index contributed by atoms with van der Waals surface area (Å²) >= 11 is 5.97. The Hall–Kier alpha value is -3.39. The number of rotatable bonds is 5. The first kappa shape index (κ1) is 18.9. The Morgan fingerprint density at radius 3 is 2.76 bits per heavy atom. The van der Waals surface area contributed by atoms with Gasteiger partial charge in [-0.15, -0.1) is 0 Å². The van der Waals surface area contributed by atoms with Gasteiger partial charge in [0.1, 0.15) is 11.8 Å². The number of methoxy groups -OCH3 is 1. The number of nitrogens with one attached hydrogen (secondary N) is 1. The van der Waals surface area contributed by atoms with Crippen LogP contribution in [0, 0.1) is 0 Å². The number of amides is 2. The van der Waals surface area contributed by atoms with Crippen LogP contribution in [0.3, 0.4) is 0 Å². The molecule has 0 aliphatic carbocycles. The Kier molecular flexibility index (Phi) is 5.44. The molecule has 0 fully saturated rings. The summed E-state index contributed by atoms with van der Waals surface area (Å²) < 4.78 is 10.9. The number of fused-ring (bicyclic) bond motifs is 1. The molecular weight excluding hydrogens is 394 g/mol. The fraction of sp³-hybridized carbons (Fsp3) is 0.200. The fourth-order valence-electron chi connectivity index (χ4n) is 2.97. The van der Waals surface area contributed by atoms with Crippen molar-refractivity contribution in [3.8, 4) is 11.8 Å². The van der Waals surface area contributed by atoms with E-state index in [0.29, 0.717) is 25.6 Å². The Morgan fingerprint density at radius 2 is 1.97 bits per heavy atom. The van der Waals surface area contributed by atoms with Crippen molar-refractivity contribution < 1.29 is 14.3 Å². The van der Waals surface area contributed by atoms with E-state index in [4.69, 9.17) is 21.1 Å². The molecule has 8 nitrogen and oxygen atoms in total. The second kappa shape index (κ2) is 8.32. The molecule has 0 atom stereocenters. The molecule has 9 heteroatoms. The average molecular weight is 412 g/mol. The zero-order valence-corrected chi connectivity index (χ0v) is 16.4. The molecule has 2 amide bonds. The molecule has 1 N–H and O–H groups in total. The predicted octanol–water partition coefficient (Wildman–Crippen LogP) is 3.66. The molecule has 0 spiro atoms. The Balaban J connectivity index is 1.46. The van der Waals surface area contributed by atoms with E-state index >= 15 is 0 Å². The standard InChI is InChI=1S/C20H18ClN5O3/c1-28-17-7-14-10-26(11-15(14)8-22-17)20(27)25-18-19(23-9-16(21)24-18)29-12-13-5-3-2-4-6-13/h2-9H,10-12H2,1H3,(H,24,25,27). The lowest BCUT2D eigenvalue weighted by molar-refractivity contribution is 0.212. The van der Waals surface area contributed by atoms with Gasteiger partial charge in [-0.3, -0.25) is 5.32 Å². The molecule has 3 aromatic rings. The van der Waals surface area contributed by atoms with Gasteiger partial charge >= 0.3 is 6.03 Å². The van der Waals surface area contributed by atoms with Crippen LogP contribution in [0.5, 0.6) is 11.8 Å². The van der Waals surface area contributed by atoms with Crippen LogP contribution in [0.4, 0.5) is 10.6 Å². The minimum Gasteiger partial charge on any atom is -0.481 e. The fourth-order valence-corrected chi connectivity index (χ4v) is 3.10. The highest BCUT2D eigenvalue weighted by Crippen LogP contribution is 2.27. The Bertz CT molecular complexity index is 1030. The molecule has 29 heavy (non-hydrogen) atoms. The molecule has 2 aromatic heterocycles. The second-order valence-corrected chi connectivity index (χ2v) is 6.79. The van der Waals surface area contributed by atoms with Crippen LogP contribution in [0.1, 0.15) is 16.7 Å². The number of nitrogens with zero attached hydrogens (tertiary/aromatic N) is 4. The topological polar surface area (TPSA) is 89.5 Å². The van der Waals surface area contributed by atoms with Crippen molar-refractivity contribution in [1.82, 2.24) is 19.9 Å². The molecular formula is C20H18ClN5O3. The van der Waals surface area contributed by atoms with Crippen molar-refractivity contribution in [2.75, 3.05) is 12.4 Å². The predicted molar refractivity (Wildman–Crippen MR) is 107 cm³/mol. The first-order valence-corrected chi connectivity index (χ1v) is 9.27. The van der Waals surface area contributed by atoms with Gasteiger partial charge in [-0.2, -0.15) is 0 Å². The molecule has 0 saturated heterocycles. The Labute approximate surface area is 172 Å². The summed E-state index contributed by atoms with van der Waals surface area (Å²) in [5.74, 6) is 0.889. The summed E-state index contributed by atoms with van der Waals surface area (Å²) in [5.41, 5.74) is 2.93. The van der Waals surface area contributed by atoms with E-state index in [1.165, 1.54) is 6.20 Å². The third-order valence-electron chi connectivity index (χ3n) is 4.43. The van der Waals surface area contributed by atoms with E-state index in [1.807, 2.05) is 36.4 Å². The van der Waals surface area contributed by atoms with Crippen LogP contribution in [0.2, 0.25) is 5.15 Å². The van der Waals surface area contributed by atoms with Gasteiger partial charge in [0, 0.05) is 25.4 Å². The highest BCUT2D eigenvalue weighted by molar-refractivity contribution is 6.29. The normalized spacial score (nSPS) is 12.4. The molecule has 1 aromatic carbocycles. The number of carbonyl (C=O) groups excluding carboxylic acids is 1. The SMILES string of the molecule is COc1cc2c(cn1)CN(C(=O)Nc1nc(Cl)cnc1OCc1ccccc1)C2. The molecule has 3 heterocycles. The molecule has 148 valence electrons. The zero-order chi connectivity index (χ0) is 20.2. The Morgan fingerprint density at radius 1 is 1.17 bits per heavy atom. The van der Waals surface area contributed by atoms with Gasteiger partial charge < -0.3 is 14.4 Å². The van der Waals surface area contributed by atoms with Gasteiger partial charge in [0.2, 0.25) is 5.88 Å². The van der Waals surface area contributed by atoms with Crippen LogP contribution in [0.25, 0.3) is 0 Å². The van der Waals surface area contributed by atoms with Crippen molar-refractivity contribution >= 4 is 23.4 Å². The van der Waals surface area contributed by atoms with Crippen LogP contribution in [-0.4, -0.2) is 33.0 Å². The van der Waals surface area contributed by atoms with Crippen molar-refractivity contribution in [1.29, 1.82) is 0 Å². The minimum absolute atomic E-state index is 0.158. The van der Waals surface area contributed by atoms with Crippen LogP contribution in [-0.2, 0) is 19.7 Å². The monoisotopic (exact) mass is 411 g/mol. The lowest BCUT2D eigenvalue weighted by Crippen LogP contribution is -2.30. The maximum atomic E-state index is 12.8. The number of benzene rings is 1. The number of anilines is 1. The van der Waals surface area contributed by atoms with Crippen molar-refractivity contribution in [2.24, 2.45) is 0 Å². The van der Waals surface area contributed by atoms with Crippen LogP contribution in [0.15, 0.2) is 48.8 Å². The smallest absolute Gasteiger partial charge is 0.323 e. The zero-order valence-electron chi connectivity index (χ0n) is 15.6. The highest BCUT2D eigenvalue weighted by Gasteiger charge is 2.25. The van der Waals surface area contributed by atoms with Gasteiger partial charge in [-0.05, 0) is 16.7 Å². The lowest BCUT2D eigenvalue weighted by atomic mass is 10.2. The summed E-state index contributed by atoms with van der Waals surface area (Å²) in [6.07, 6.45) is 3.09. The number of carbonyl (C=O) groups is 1. The highest BCUT2D eigenvalue weighted by atomic mass is 35.5. The van der Waals surface area contributed by atoms with E-state index < -0.39 is 0 Å². The maximum absolute atomic E-state index is 12.8. The quantitative estimate of drug-likeness (QED) is 0.689. The molecule has 1 aliphatic heterocycles. The van der Waals surface area contributed by atoms with Gasteiger partial charge in [0.25, 0.3) is 5.88 Å². The molecule has 4 rings (SSSR count). The number of aromatic nitrogens is 3. The number of halogens is 1. The first-order chi connectivity index (χ1) is 14.1. The van der Waals surface area contributed by atoms with Crippen molar-refractivity contribution in [3.63, 3.8) is 0 Å². The molecule has 0 saturated carbocycles. The van der Waals surface area contributed by atoms with E-state index in [0.717, 1.165) is 16.7 Å². The van der Waals surface area contributed by atoms with E-state index in [9.17, 15) is 4.79 Å². The molecule has 0 radical (unpaired) electrons. The number of hydrogen-bond donors (Lipinski definition) is 1. The van der Waals surface area contributed by atoms with E-state index in [1.54, 1.807) is 18.2 Å². The second-order valence-electron chi connectivity index (χ2n) is 6.40. The summed E-state index contributed by atoms with van der Waals surface area (Å²) in [7, 11) is 1.56. The van der Waals surface area contributed by atoms with Gasteiger partial charge in [-0.25, -0.2) is 19.7 Å². The summed E-state index contributed by atoms with van der Waals surface area (Å²) in [4.78, 5) is 26.9. The van der Waals surface area contributed by atoms with Crippen molar-refractivity contribution in [3.05, 3.63) is 70.6 Å². The first-order valence-electron chi connectivity index (χ1n) is 8.89. The van der Waals surface area contributed by atoms with Crippen molar-refractivity contribution in [2.45, 2.75) is 19.7 Å². The van der Waals surface area contributed by atoms with Crippen LogP contribution >= 0.6 is 11.6 Å². The maximum Gasteiger partial charge on any atom is 0.323 e. The lowest BCUT2D eigenvalue weighted by Gasteiger charge is -2.17. The number of pyridine rings is 1. The third kappa shape index (κ3) is 4.38. The average Bonchev–Trinajstić information content (AvgIpc) is 3.17. The largest absolute Gasteiger partial charge is 0.481 e. The number of ether oxygens (including phenoxy) is 2. The number of hydrogen-bond acceptors (Lipinski definition) is 6. The van der Waals surface area contributed by atoms with Gasteiger partial charge in [-0.1, -0.05) is 41.9 Å². The van der Waals surface area contributed by atoms with Gasteiger partial charge in [0.15, 0.2) is 5.82 Å². The third-order valence-corrected chi connectivity index (χ3v) is 4.61. The summed E-state index contributed by atoms with van der Waals surface area (Å²) in [6, 6.07) is 11.1. The van der Waals surface area contributed by atoms with Crippen LogP contribution < -0.4 is 14.8 Å². The minimum atomic E-state index is -0.332. The van der Waals surface area contributed by atoms with Gasteiger partial charge in [0.05, 0.1) is 13.3 Å².